The number of ether oxygens (including phenoxy) is 3. The predicted molar refractivity (Wildman–Crippen MR) is 152 cm³/mol. The molecule has 0 amide bonds. The number of nitrogens with two attached hydrogens (primary N) is 2. The summed E-state index contributed by atoms with van der Waals surface area (Å²) in [5, 5.41) is 9.80. The molecule has 8 N–H and O–H groups in total. The van der Waals surface area contributed by atoms with Crippen molar-refractivity contribution < 1.29 is 47.1 Å². The summed E-state index contributed by atoms with van der Waals surface area (Å²) >= 11 is 5.47. The second-order valence-corrected chi connectivity index (χ2v) is 14.7. The number of imidazole rings is 2. The van der Waals surface area contributed by atoms with Crippen LogP contribution in [0.1, 0.15) is 12.5 Å². The average Bonchev–Trinajstić information content (AvgIpc) is 3.79. The van der Waals surface area contributed by atoms with Gasteiger partial charge in [0.2, 0.25) is 5.95 Å². The van der Waals surface area contributed by atoms with E-state index in [1.165, 1.54) is 21.8 Å². The first-order valence-electron chi connectivity index (χ1n) is 13.1. The monoisotopic (exact) mass is 689 g/mol. The first-order chi connectivity index (χ1) is 21.4. The smallest absolute Gasteiger partial charge is 0.394 e. The van der Waals surface area contributed by atoms with Gasteiger partial charge in [0.15, 0.2) is 53.3 Å². The fourth-order valence-electron chi connectivity index (χ4n) is 5.87. The molecule has 10 atom stereocenters. The van der Waals surface area contributed by atoms with Crippen LogP contribution in [0.2, 0.25) is 0 Å². The molecule has 45 heavy (non-hydrogen) atoms. The first kappa shape index (κ1) is 30.5. The maximum atomic E-state index is 15.8. The Labute approximate surface area is 255 Å². The summed E-state index contributed by atoms with van der Waals surface area (Å²) in [5.41, 5.74) is 8.02. The van der Waals surface area contributed by atoms with Crippen LogP contribution >= 0.6 is 14.7 Å². The van der Waals surface area contributed by atoms with E-state index in [4.69, 9.17) is 46.5 Å². The zero-order valence-corrected chi connectivity index (χ0v) is 25.2. The number of nitrogens with one attached hydrogen (secondary N) is 1. The molecule has 10 unspecified atom stereocenters. The number of aliphatic hydroxyl groups is 1. The van der Waals surface area contributed by atoms with Gasteiger partial charge in [-0.1, -0.05) is 0 Å². The van der Waals surface area contributed by atoms with Gasteiger partial charge >= 0.3 is 8.25 Å². The number of fused-ring (bicyclic) bond motifs is 4. The fourth-order valence-corrected chi connectivity index (χ4v) is 8.86. The third kappa shape index (κ3) is 4.84. The van der Waals surface area contributed by atoms with Gasteiger partial charge in [-0.15, -0.1) is 9.42 Å². The van der Waals surface area contributed by atoms with E-state index in [0.717, 1.165) is 6.33 Å². The molecule has 20 nitrogen and oxygen atoms in total. The predicted octanol–water partition coefficient (Wildman–Crippen LogP) is -1.26. The Morgan fingerprint density at radius 3 is 2.67 bits per heavy atom. The molecule has 7 heterocycles. The van der Waals surface area contributed by atoms with Crippen LogP contribution in [0.15, 0.2) is 23.8 Å². The van der Waals surface area contributed by atoms with Crippen LogP contribution in [0, 0.1) is 0 Å². The molecule has 3 fully saturated rings. The van der Waals surface area contributed by atoms with Crippen molar-refractivity contribution in [2.24, 2.45) is 0 Å². The van der Waals surface area contributed by atoms with E-state index < -0.39 is 81.7 Å². The standard InChI is InChI=1S/C21H23FN10O10P2S/c22-8-7(1-33)40-19(32-6-28-10-16(32)29-20(24)30-17(10)34)12(8)44(37,45)39-3-21-2-38-11(13(21)42-43(35)36)18(41-21)31-5-27-9-14(23)25-4-26-15(9)31/h4-8,11-13,18-19,33H,1-3H2,(H6-,23,24,25,26,29,30,34,35,36,37,45)/p+1. The van der Waals surface area contributed by atoms with Gasteiger partial charge in [-0.25, -0.2) is 24.3 Å². The van der Waals surface area contributed by atoms with Crippen LogP contribution in [0.4, 0.5) is 16.2 Å². The summed E-state index contributed by atoms with van der Waals surface area (Å²) in [4.78, 5) is 56.2. The molecular weight excluding hydrogens is 665 g/mol. The number of aliphatic hydroxyl groups excluding tert-OH is 1. The molecule has 0 aromatic carbocycles. The van der Waals surface area contributed by atoms with Gasteiger partial charge in [0.05, 0.1) is 32.5 Å². The number of alkyl halides is 1. The zero-order chi connectivity index (χ0) is 31.8. The molecule has 24 heteroatoms. The Kier molecular flexibility index (Phi) is 7.45. The number of hydrogen-bond acceptors (Lipinski definition) is 16. The molecule has 0 saturated carbocycles. The van der Waals surface area contributed by atoms with Gasteiger partial charge in [0.25, 0.3) is 5.56 Å². The van der Waals surface area contributed by atoms with Gasteiger partial charge in [0.1, 0.15) is 35.9 Å². The van der Waals surface area contributed by atoms with Crippen LogP contribution < -0.4 is 17.0 Å². The second-order valence-electron chi connectivity index (χ2n) is 10.5. The summed E-state index contributed by atoms with van der Waals surface area (Å²) in [6, 6.07) is 0. The van der Waals surface area contributed by atoms with Crippen molar-refractivity contribution in [2.45, 2.75) is 48.2 Å². The number of anilines is 2. The molecule has 240 valence electrons. The number of H-pyrrole nitrogens is 1. The molecule has 2 bridgehead atoms. The van der Waals surface area contributed by atoms with Gasteiger partial charge < -0.3 is 40.2 Å². The van der Waals surface area contributed by atoms with Crippen LogP contribution in [0.25, 0.3) is 22.3 Å². The SMILES string of the molecule is Nc1nc2c(ncn2C2OC(CO)C(F)C2P(O)(=S)OCC23COC(C(n4cnc5c(N)ncnc54)O2)C3O[P+](=O)O)c(=O)[nH]1. The van der Waals surface area contributed by atoms with Crippen LogP contribution in [-0.2, 0) is 39.6 Å². The lowest BCUT2D eigenvalue weighted by Gasteiger charge is -2.34. The molecule has 3 aliphatic rings. The van der Waals surface area contributed by atoms with E-state index in [-0.39, 0.29) is 40.7 Å². The number of hydrogen-bond donors (Lipinski definition) is 6. The summed E-state index contributed by atoms with van der Waals surface area (Å²) < 4.78 is 59.4. The molecule has 7 rings (SSSR count). The van der Waals surface area contributed by atoms with Crippen molar-refractivity contribution in [3.63, 3.8) is 0 Å². The second kappa shape index (κ2) is 11.0. The Balaban J connectivity index is 1.20. The maximum absolute atomic E-state index is 15.8. The Hall–Kier alpha value is -3.14. The fraction of sp³-hybridized carbons (Fsp3) is 0.524. The quantitative estimate of drug-likeness (QED) is 0.112. The van der Waals surface area contributed by atoms with E-state index in [1.54, 1.807) is 0 Å². The van der Waals surface area contributed by atoms with E-state index >= 15 is 4.39 Å². The van der Waals surface area contributed by atoms with Crippen molar-refractivity contribution in [1.29, 1.82) is 0 Å². The van der Waals surface area contributed by atoms with Crippen molar-refractivity contribution in [3.05, 3.63) is 29.3 Å². The van der Waals surface area contributed by atoms with Crippen molar-refractivity contribution in [1.82, 2.24) is 39.0 Å². The minimum Gasteiger partial charge on any atom is -0.394 e. The molecule has 0 spiro atoms. The van der Waals surface area contributed by atoms with Crippen LogP contribution in [0.3, 0.4) is 0 Å². The summed E-state index contributed by atoms with van der Waals surface area (Å²) in [6.07, 6.45) is -4.40. The van der Waals surface area contributed by atoms with E-state index in [9.17, 15) is 24.3 Å². The highest BCUT2D eigenvalue weighted by molar-refractivity contribution is 8.09. The summed E-state index contributed by atoms with van der Waals surface area (Å²) in [5.74, 6) is -0.147. The maximum Gasteiger partial charge on any atom is 0.695 e. The van der Waals surface area contributed by atoms with Crippen LogP contribution in [-0.4, -0.2) is 109 Å². The molecular formula is C21H24FN10O10P2S+. The highest BCUT2D eigenvalue weighted by Gasteiger charge is 2.67. The zero-order valence-electron chi connectivity index (χ0n) is 22.6. The van der Waals surface area contributed by atoms with Crippen LogP contribution in [0.5, 0.6) is 0 Å². The van der Waals surface area contributed by atoms with Gasteiger partial charge in [0, 0.05) is 4.57 Å². The number of rotatable bonds is 9. The highest BCUT2D eigenvalue weighted by Crippen LogP contribution is 2.60. The van der Waals surface area contributed by atoms with Gasteiger partial charge in [-0.2, -0.15) is 4.98 Å². The number of nitrogens with zero attached hydrogens (tertiary/aromatic N) is 7. The summed E-state index contributed by atoms with van der Waals surface area (Å²) in [6.45, 7) is -5.85. The minimum absolute atomic E-state index is 0.0862. The lowest BCUT2D eigenvalue weighted by molar-refractivity contribution is -0.182. The lowest BCUT2D eigenvalue weighted by atomic mass is 10.0. The molecule has 3 saturated heterocycles. The molecule has 4 aromatic heterocycles. The van der Waals surface area contributed by atoms with E-state index in [0.29, 0.717) is 0 Å². The van der Waals surface area contributed by atoms with Crippen molar-refractivity contribution >= 4 is 60.6 Å². The number of aromatic nitrogens is 8. The van der Waals surface area contributed by atoms with Gasteiger partial charge in [-0.3, -0.25) is 18.9 Å². The minimum atomic E-state index is -4.28. The van der Waals surface area contributed by atoms with E-state index in [2.05, 4.69) is 29.9 Å². The van der Waals surface area contributed by atoms with Crippen molar-refractivity contribution in [3.8, 4) is 0 Å². The Morgan fingerprint density at radius 2 is 1.93 bits per heavy atom. The topological polar surface area (TPSA) is 283 Å². The molecule has 0 aliphatic carbocycles. The largest absolute Gasteiger partial charge is 0.695 e. The third-order valence-corrected chi connectivity index (χ3v) is 11.1. The molecule has 3 aliphatic heterocycles. The average molecular weight is 689 g/mol. The number of aromatic amines is 1. The van der Waals surface area contributed by atoms with Gasteiger partial charge in [-0.05, 0) is 11.8 Å². The Bertz CT molecular complexity index is 1930. The first-order valence-corrected chi connectivity index (χ1v) is 17.0. The normalized spacial score (nSPS) is 32.9. The lowest BCUT2D eigenvalue weighted by Crippen LogP contribution is -2.46. The molecule has 0 radical (unpaired) electrons. The number of nitrogen functional groups attached to an aromatic ring is 2. The summed E-state index contributed by atoms with van der Waals surface area (Å²) in [7, 11) is -3.17. The van der Waals surface area contributed by atoms with E-state index in [1.807, 2.05) is 0 Å². The highest BCUT2D eigenvalue weighted by atomic mass is 32.5. The van der Waals surface area contributed by atoms with Crippen molar-refractivity contribution in [2.75, 3.05) is 31.3 Å². The molecule has 4 aromatic rings. The third-order valence-electron chi connectivity index (χ3n) is 7.90. The Morgan fingerprint density at radius 1 is 1.20 bits per heavy atom. The number of halogens is 1.